The van der Waals surface area contributed by atoms with Crippen molar-refractivity contribution < 1.29 is 23.8 Å². The molecule has 2 unspecified atom stereocenters. The molecule has 38 heavy (non-hydrogen) atoms. The van der Waals surface area contributed by atoms with Crippen molar-refractivity contribution in [2.45, 2.75) is 58.8 Å². The lowest BCUT2D eigenvalue weighted by Crippen LogP contribution is -2.58. The number of carbonyl (C=O) groups is 2. The highest BCUT2D eigenvalue weighted by Crippen LogP contribution is 2.41. The van der Waals surface area contributed by atoms with E-state index >= 15 is 0 Å². The first-order valence-corrected chi connectivity index (χ1v) is 12.7. The zero-order valence-electron chi connectivity index (χ0n) is 22.6. The normalized spacial score (nSPS) is 21.1. The van der Waals surface area contributed by atoms with Gasteiger partial charge in [-0.3, -0.25) is 14.8 Å². The molecule has 1 fully saturated rings. The van der Waals surface area contributed by atoms with Gasteiger partial charge in [-0.25, -0.2) is 9.78 Å². The number of ether oxygens (including phenoxy) is 3. The Morgan fingerprint density at radius 1 is 1.21 bits per heavy atom. The van der Waals surface area contributed by atoms with Crippen LogP contribution in [-0.2, 0) is 11.3 Å². The maximum atomic E-state index is 13.3. The maximum absolute atomic E-state index is 13.3. The van der Waals surface area contributed by atoms with E-state index in [0.29, 0.717) is 48.0 Å². The van der Waals surface area contributed by atoms with Crippen molar-refractivity contribution in [2.75, 3.05) is 20.2 Å². The van der Waals surface area contributed by atoms with Gasteiger partial charge >= 0.3 is 6.09 Å². The first-order valence-electron chi connectivity index (χ1n) is 12.7. The number of piperazine rings is 1. The van der Waals surface area contributed by atoms with Crippen LogP contribution in [-0.4, -0.2) is 74.7 Å². The van der Waals surface area contributed by atoms with E-state index in [1.807, 2.05) is 32.9 Å². The number of nitrogens with one attached hydrogen (secondary N) is 1. The van der Waals surface area contributed by atoms with E-state index in [4.69, 9.17) is 14.2 Å². The summed E-state index contributed by atoms with van der Waals surface area (Å²) in [7, 11) is 1.61. The van der Waals surface area contributed by atoms with Crippen molar-refractivity contribution in [3.63, 3.8) is 0 Å². The summed E-state index contributed by atoms with van der Waals surface area (Å²) in [5, 5.41) is 7.98. The Morgan fingerprint density at radius 3 is 2.63 bits per heavy atom. The summed E-state index contributed by atoms with van der Waals surface area (Å²) in [5.41, 5.74) is 1.95. The van der Waals surface area contributed by atoms with Crippen molar-refractivity contribution in [3.05, 3.63) is 53.0 Å². The summed E-state index contributed by atoms with van der Waals surface area (Å²) in [6.07, 6.45) is 3.02. The van der Waals surface area contributed by atoms with Crippen molar-refractivity contribution >= 4 is 29.0 Å². The molecule has 3 aromatic rings. The molecule has 1 N–H and O–H groups in total. The molecular weight excluding hydrogens is 486 g/mol. The van der Waals surface area contributed by atoms with Gasteiger partial charge in [-0.1, -0.05) is 0 Å². The summed E-state index contributed by atoms with van der Waals surface area (Å²) < 4.78 is 17.5. The van der Waals surface area contributed by atoms with Crippen LogP contribution in [0.1, 0.15) is 56.2 Å². The van der Waals surface area contributed by atoms with E-state index in [1.54, 1.807) is 36.4 Å². The van der Waals surface area contributed by atoms with E-state index in [9.17, 15) is 9.59 Å². The number of Topliss-reactive ketones (excluding diaryl/α,β-unsaturated/α-hetero) is 1. The van der Waals surface area contributed by atoms with Crippen LogP contribution < -0.4 is 9.47 Å². The van der Waals surface area contributed by atoms with Crippen molar-refractivity contribution in [3.8, 4) is 11.5 Å². The number of allylic oxidation sites excluding steroid dienone is 1. The van der Waals surface area contributed by atoms with Crippen molar-refractivity contribution in [2.24, 2.45) is 0 Å². The lowest BCUT2D eigenvalue weighted by molar-refractivity contribution is -0.00996. The molecule has 2 atom stereocenters. The Labute approximate surface area is 221 Å². The predicted molar refractivity (Wildman–Crippen MR) is 142 cm³/mol. The molecule has 10 nitrogen and oxygen atoms in total. The number of carbonyl (C=O) groups excluding carboxylic acids is 2. The second-order valence-corrected chi connectivity index (χ2v) is 10.8. The molecule has 5 rings (SSSR count). The zero-order chi connectivity index (χ0) is 27.2. The van der Waals surface area contributed by atoms with Gasteiger partial charge in [0.1, 0.15) is 17.1 Å². The second kappa shape index (κ2) is 9.75. The number of hydrogen-bond donors (Lipinski definition) is 1. The molecule has 4 heterocycles. The minimum absolute atomic E-state index is 0.0434. The van der Waals surface area contributed by atoms with Crippen LogP contribution in [0, 0.1) is 0 Å². The quantitative estimate of drug-likeness (QED) is 0.505. The SMILES string of the molecule is COc1ccc2c(c1CN1C(C)CN(C(=O)OC(C)(C)C)CC1C)OC(=Cc1n[nH]c3ncccc13)C2=O. The van der Waals surface area contributed by atoms with E-state index in [0.717, 1.165) is 10.9 Å². The minimum Gasteiger partial charge on any atom is -0.496 e. The Bertz CT molecular complexity index is 1410. The highest BCUT2D eigenvalue weighted by molar-refractivity contribution is 6.15. The molecular formula is C28H33N5O5. The number of amides is 1. The maximum Gasteiger partial charge on any atom is 0.410 e. The molecule has 2 aliphatic heterocycles. The third-order valence-corrected chi connectivity index (χ3v) is 6.85. The number of rotatable bonds is 4. The summed E-state index contributed by atoms with van der Waals surface area (Å²) in [6.45, 7) is 11.3. The molecule has 200 valence electrons. The number of fused-ring (bicyclic) bond motifs is 2. The van der Waals surface area contributed by atoms with Crippen LogP contribution in [0.5, 0.6) is 11.5 Å². The Morgan fingerprint density at radius 2 is 1.95 bits per heavy atom. The summed E-state index contributed by atoms with van der Waals surface area (Å²) in [4.78, 5) is 34.3. The number of aromatic amines is 1. The van der Waals surface area contributed by atoms with E-state index in [1.165, 1.54) is 0 Å². The average molecular weight is 520 g/mol. The fourth-order valence-electron chi connectivity index (χ4n) is 5.07. The molecule has 1 amide bonds. The number of benzene rings is 1. The van der Waals surface area contributed by atoms with Crippen LogP contribution in [0.25, 0.3) is 17.1 Å². The molecule has 0 aliphatic carbocycles. The van der Waals surface area contributed by atoms with Crippen molar-refractivity contribution in [1.82, 2.24) is 25.0 Å². The Balaban J connectivity index is 1.41. The molecule has 0 bridgehead atoms. The van der Waals surface area contributed by atoms with Gasteiger partial charge in [-0.2, -0.15) is 5.10 Å². The largest absolute Gasteiger partial charge is 0.496 e. The Kier molecular flexibility index (Phi) is 6.60. The molecule has 2 aromatic heterocycles. The zero-order valence-corrected chi connectivity index (χ0v) is 22.6. The van der Waals surface area contributed by atoms with E-state index in [-0.39, 0.29) is 29.7 Å². The number of ketones is 1. The highest BCUT2D eigenvalue weighted by Gasteiger charge is 2.37. The molecule has 1 aromatic carbocycles. The van der Waals surface area contributed by atoms with Gasteiger partial charge in [-0.05, 0) is 58.9 Å². The lowest BCUT2D eigenvalue weighted by Gasteiger charge is -2.44. The van der Waals surface area contributed by atoms with E-state index < -0.39 is 5.60 Å². The molecule has 2 aliphatic rings. The van der Waals surface area contributed by atoms with Gasteiger partial charge < -0.3 is 19.1 Å². The fraction of sp³-hybridized carbons (Fsp3) is 0.429. The molecule has 10 heteroatoms. The number of nitrogens with zero attached hydrogens (tertiary/aromatic N) is 4. The number of hydrogen-bond acceptors (Lipinski definition) is 8. The third kappa shape index (κ3) is 4.83. The van der Waals surface area contributed by atoms with Crippen LogP contribution in [0.4, 0.5) is 4.79 Å². The number of methoxy groups -OCH3 is 1. The molecule has 0 spiro atoms. The number of pyridine rings is 1. The van der Waals surface area contributed by atoms with Gasteiger partial charge in [0.15, 0.2) is 11.4 Å². The van der Waals surface area contributed by atoms with Gasteiger partial charge in [0.25, 0.3) is 0 Å². The van der Waals surface area contributed by atoms with Crippen LogP contribution in [0.2, 0.25) is 0 Å². The summed E-state index contributed by atoms with van der Waals surface area (Å²) in [6, 6.07) is 7.33. The summed E-state index contributed by atoms with van der Waals surface area (Å²) in [5.74, 6) is 1.12. The average Bonchev–Trinajstić information content (AvgIpc) is 3.41. The third-order valence-electron chi connectivity index (χ3n) is 6.85. The summed E-state index contributed by atoms with van der Waals surface area (Å²) >= 11 is 0. The van der Waals surface area contributed by atoms with Crippen LogP contribution in [0.15, 0.2) is 36.2 Å². The Hall–Kier alpha value is -3.92. The van der Waals surface area contributed by atoms with Gasteiger partial charge in [0.05, 0.1) is 23.9 Å². The first kappa shape index (κ1) is 25.7. The van der Waals surface area contributed by atoms with Gasteiger partial charge in [0, 0.05) is 49.4 Å². The standard InChI is InChI=1S/C28H33N5O5/c1-16-13-32(27(35)38-28(3,4)5)14-17(2)33(16)15-20-22(36-6)10-9-19-24(34)23(37-25(19)20)12-21-18-8-7-11-29-26(18)31-30-21/h7-12,16-17H,13-15H2,1-6H3,(H,29,30,31). The fourth-order valence-corrected chi connectivity index (χ4v) is 5.07. The first-order chi connectivity index (χ1) is 18.1. The van der Waals surface area contributed by atoms with E-state index in [2.05, 4.69) is 33.9 Å². The monoisotopic (exact) mass is 519 g/mol. The number of H-pyrrole nitrogens is 1. The predicted octanol–water partition coefficient (Wildman–Crippen LogP) is 4.41. The molecule has 0 radical (unpaired) electrons. The highest BCUT2D eigenvalue weighted by atomic mass is 16.6. The number of aromatic nitrogens is 3. The van der Waals surface area contributed by atoms with Gasteiger partial charge in [-0.15, -0.1) is 0 Å². The topological polar surface area (TPSA) is 110 Å². The van der Waals surface area contributed by atoms with Crippen LogP contribution in [0.3, 0.4) is 0 Å². The smallest absolute Gasteiger partial charge is 0.410 e. The molecule has 1 saturated heterocycles. The van der Waals surface area contributed by atoms with Crippen LogP contribution >= 0.6 is 0 Å². The second-order valence-electron chi connectivity index (χ2n) is 10.8. The lowest BCUT2D eigenvalue weighted by atomic mass is 10.0. The molecule has 0 saturated carbocycles. The van der Waals surface area contributed by atoms with Crippen molar-refractivity contribution in [1.29, 1.82) is 0 Å². The minimum atomic E-state index is -0.549. The van der Waals surface area contributed by atoms with Gasteiger partial charge in [0.2, 0.25) is 5.78 Å².